The van der Waals surface area contributed by atoms with E-state index >= 15 is 0 Å². The number of nitrogens with one attached hydrogen (secondary N) is 1. The molecule has 0 unspecified atom stereocenters. The minimum absolute atomic E-state index is 0.00952. The molecule has 0 aliphatic carbocycles. The standard InChI is InChI=1S/C14H14N2O3/c1-15-13(17)11-8-16(9-12(11)14(18)19)7-10-5-3-2-4-6-10/h2-6,8-9H,7H2,1H3,(H,15,17)(H,18,19). The summed E-state index contributed by atoms with van der Waals surface area (Å²) in [4.78, 5) is 22.7. The average molecular weight is 258 g/mol. The highest BCUT2D eigenvalue weighted by atomic mass is 16.4. The largest absolute Gasteiger partial charge is 0.478 e. The maximum atomic E-state index is 11.6. The van der Waals surface area contributed by atoms with Crippen LogP contribution < -0.4 is 5.32 Å². The Kier molecular flexibility index (Phi) is 3.66. The van der Waals surface area contributed by atoms with Crippen molar-refractivity contribution < 1.29 is 14.7 Å². The van der Waals surface area contributed by atoms with Gasteiger partial charge in [-0.2, -0.15) is 0 Å². The Labute approximate surface area is 110 Å². The number of carboxylic acid groups (broad SMARTS) is 1. The number of rotatable bonds is 4. The molecule has 1 aromatic carbocycles. The van der Waals surface area contributed by atoms with Crippen molar-refractivity contribution in [2.75, 3.05) is 7.05 Å². The zero-order valence-corrected chi connectivity index (χ0v) is 10.5. The molecule has 1 amide bonds. The molecule has 0 aliphatic rings. The average Bonchev–Trinajstić information content (AvgIpc) is 2.83. The molecule has 2 aromatic rings. The van der Waals surface area contributed by atoms with Gasteiger partial charge in [-0.15, -0.1) is 0 Å². The molecule has 2 N–H and O–H groups in total. The number of nitrogens with zero attached hydrogens (tertiary/aromatic N) is 1. The van der Waals surface area contributed by atoms with Gasteiger partial charge in [0.1, 0.15) is 0 Å². The van der Waals surface area contributed by atoms with E-state index in [4.69, 9.17) is 5.11 Å². The number of amides is 1. The molecule has 0 fully saturated rings. The molecule has 98 valence electrons. The molecule has 0 saturated carbocycles. The van der Waals surface area contributed by atoms with Crippen LogP contribution in [0.5, 0.6) is 0 Å². The molecule has 0 atom stereocenters. The second-order valence-corrected chi connectivity index (χ2v) is 4.13. The van der Waals surface area contributed by atoms with E-state index in [9.17, 15) is 9.59 Å². The van der Waals surface area contributed by atoms with E-state index in [1.807, 2.05) is 30.3 Å². The van der Waals surface area contributed by atoms with Crippen LogP contribution in [-0.2, 0) is 6.54 Å². The maximum Gasteiger partial charge on any atom is 0.338 e. The highest BCUT2D eigenvalue weighted by Crippen LogP contribution is 2.13. The SMILES string of the molecule is CNC(=O)c1cn(Cc2ccccc2)cc1C(=O)O. The van der Waals surface area contributed by atoms with E-state index < -0.39 is 11.9 Å². The van der Waals surface area contributed by atoms with Gasteiger partial charge in [0, 0.05) is 26.0 Å². The third-order valence-corrected chi connectivity index (χ3v) is 2.79. The molecular formula is C14H14N2O3. The first-order chi connectivity index (χ1) is 9.11. The lowest BCUT2D eigenvalue weighted by molar-refractivity contribution is 0.0691. The van der Waals surface area contributed by atoms with Crippen molar-refractivity contribution in [3.63, 3.8) is 0 Å². The third-order valence-electron chi connectivity index (χ3n) is 2.79. The lowest BCUT2D eigenvalue weighted by atomic mass is 10.2. The van der Waals surface area contributed by atoms with Gasteiger partial charge in [0.25, 0.3) is 5.91 Å². The molecule has 19 heavy (non-hydrogen) atoms. The van der Waals surface area contributed by atoms with Crippen molar-refractivity contribution in [3.05, 3.63) is 59.4 Å². The summed E-state index contributed by atoms with van der Waals surface area (Å²) in [5, 5.41) is 11.5. The summed E-state index contributed by atoms with van der Waals surface area (Å²) >= 11 is 0. The molecule has 0 bridgehead atoms. The van der Waals surface area contributed by atoms with E-state index in [0.717, 1.165) is 5.56 Å². The second kappa shape index (κ2) is 5.39. The summed E-state index contributed by atoms with van der Waals surface area (Å²) in [6, 6.07) is 9.63. The highest BCUT2D eigenvalue weighted by Gasteiger charge is 2.18. The predicted octanol–water partition coefficient (Wildman–Crippen LogP) is 1.59. The van der Waals surface area contributed by atoms with Crippen LogP contribution in [0.15, 0.2) is 42.7 Å². The summed E-state index contributed by atoms with van der Waals surface area (Å²) in [6.45, 7) is 0.526. The Bertz CT molecular complexity index is 602. The summed E-state index contributed by atoms with van der Waals surface area (Å²) in [5.41, 5.74) is 1.22. The Hall–Kier alpha value is -2.56. The molecule has 2 rings (SSSR count). The number of hydrogen-bond donors (Lipinski definition) is 2. The summed E-state index contributed by atoms with van der Waals surface area (Å²) in [6.07, 6.45) is 3.02. The Balaban J connectivity index is 2.33. The van der Waals surface area contributed by atoms with Crippen LogP contribution >= 0.6 is 0 Å². The molecule has 0 aliphatic heterocycles. The van der Waals surface area contributed by atoms with Crippen LogP contribution in [-0.4, -0.2) is 28.6 Å². The van der Waals surface area contributed by atoms with Gasteiger partial charge in [-0.05, 0) is 5.56 Å². The number of benzene rings is 1. The molecule has 5 heteroatoms. The topological polar surface area (TPSA) is 71.3 Å². The fourth-order valence-corrected chi connectivity index (χ4v) is 1.88. The van der Waals surface area contributed by atoms with Gasteiger partial charge in [0.15, 0.2) is 0 Å². The van der Waals surface area contributed by atoms with Crippen LogP contribution in [0.3, 0.4) is 0 Å². The van der Waals surface area contributed by atoms with Crippen LogP contribution in [0, 0.1) is 0 Å². The molecule has 1 heterocycles. The smallest absolute Gasteiger partial charge is 0.338 e. The zero-order valence-electron chi connectivity index (χ0n) is 10.5. The van der Waals surface area contributed by atoms with Crippen LogP contribution in [0.4, 0.5) is 0 Å². The quantitative estimate of drug-likeness (QED) is 0.874. The van der Waals surface area contributed by atoms with Crippen molar-refractivity contribution >= 4 is 11.9 Å². The molecular weight excluding hydrogens is 244 g/mol. The second-order valence-electron chi connectivity index (χ2n) is 4.13. The van der Waals surface area contributed by atoms with Crippen LogP contribution in [0.2, 0.25) is 0 Å². The Morgan fingerprint density at radius 3 is 2.37 bits per heavy atom. The summed E-state index contributed by atoms with van der Waals surface area (Å²) < 4.78 is 1.70. The lowest BCUT2D eigenvalue weighted by Gasteiger charge is -2.02. The van der Waals surface area contributed by atoms with Crippen molar-refractivity contribution in [1.29, 1.82) is 0 Å². The molecule has 1 aromatic heterocycles. The predicted molar refractivity (Wildman–Crippen MR) is 70.3 cm³/mol. The number of carbonyl (C=O) groups is 2. The maximum absolute atomic E-state index is 11.6. The van der Waals surface area contributed by atoms with E-state index in [1.54, 1.807) is 10.8 Å². The first kappa shape index (κ1) is 12.9. The summed E-state index contributed by atoms with van der Waals surface area (Å²) in [7, 11) is 1.47. The molecule has 5 nitrogen and oxygen atoms in total. The van der Waals surface area contributed by atoms with Crippen molar-refractivity contribution in [3.8, 4) is 0 Å². The third kappa shape index (κ3) is 2.82. The fraction of sp³-hybridized carbons (Fsp3) is 0.143. The van der Waals surface area contributed by atoms with E-state index in [-0.39, 0.29) is 11.1 Å². The zero-order chi connectivity index (χ0) is 13.8. The minimum Gasteiger partial charge on any atom is -0.478 e. The highest BCUT2D eigenvalue weighted by molar-refractivity contribution is 6.04. The van der Waals surface area contributed by atoms with Crippen molar-refractivity contribution in [1.82, 2.24) is 9.88 Å². The lowest BCUT2D eigenvalue weighted by Crippen LogP contribution is -2.19. The first-order valence-electron chi connectivity index (χ1n) is 5.81. The molecule has 0 spiro atoms. The number of aromatic nitrogens is 1. The van der Waals surface area contributed by atoms with E-state index in [1.165, 1.54) is 13.2 Å². The van der Waals surface area contributed by atoms with E-state index in [2.05, 4.69) is 5.32 Å². The van der Waals surface area contributed by atoms with E-state index in [0.29, 0.717) is 6.54 Å². The molecule has 0 saturated heterocycles. The fourth-order valence-electron chi connectivity index (χ4n) is 1.88. The number of hydrogen-bond acceptors (Lipinski definition) is 2. The Morgan fingerprint density at radius 2 is 1.79 bits per heavy atom. The van der Waals surface area contributed by atoms with Gasteiger partial charge in [-0.25, -0.2) is 4.79 Å². The van der Waals surface area contributed by atoms with Gasteiger partial charge in [-0.3, -0.25) is 4.79 Å². The number of carbonyl (C=O) groups excluding carboxylic acids is 1. The number of aromatic carboxylic acids is 1. The van der Waals surface area contributed by atoms with Gasteiger partial charge < -0.3 is 15.0 Å². The molecule has 0 radical (unpaired) electrons. The Morgan fingerprint density at radius 1 is 1.16 bits per heavy atom. The minimum atomic E-state index is -1.11. The normalized spacial score (nSPS) is 10.2. The first-order valence-corrected chi connectivity index (χ1v) is 5.81. The van der Waals surface area contributed by atoms with Gasteiger partial charge in [0.05, 0.1) is 11.1 Å². The van der Waals surface area contributed by atoms with Crippen LogP contribution in [0.25, 0.3) is 0 Å². The van der Waals surface area contributed by atoms with Crippen molar-refractivity contribution in [2.24, 2.45) is 0 Å². The monoisotopic (exact) mass is 258 g/mol. The summed E-state index contributed by atoms with van der Waals surface area (Å²) in [5.74, 6) is -1.50. The van der Waals surface area contributed by atoms with Gasteiger partial charge >= 0.3 is 5.97 Å². The van der Waals surface area contributed by atoms with Gasteiger partial charge in [-0.1, -0.05) is 30.3 Å². The number of carboxylic acids is 1. The van der Waals surface area contributed by atoms with Gasteiger partial charge in [0.2, 0.25) is 0 Å². The van der Waals surface area contributed by atoms with Crippen LogP contribution in [0.1, 0.15) is 26.3 Å². The van der Waals surface area contributed by atoms with Crippen molar-refractivity contribution in [2.45, 2.75) is 6.54 Å².